The first-order chi connectivity index (χ1) is 12.1. The molecule has 0 bridgehead atoms. The number of hydrogen-bond acceptors (Lipinski definition) is 5. The Bertz CT molecular complexity index is 658. The molecule has 6 nitrogen and oxygen atoms in total. The van der Waals surface area contributed by atoms with Crippen molar-refractivity contribution in [3.8, 4) is 0 Å². The van der Waals surface area contributed by atoms with E-state index in [0.29, 0.717) is 52.4 Å². The van der Waals surface area contributed by atoms with Gasteiger partial charge in [0.25, 0.3) is 0 Å². The highest BCUT2D eigenvalue weighted by Crippen LogP contribution is 2.25. The van der Waals surface area contributed by atoms with E-state index in [1.165, 1.54) is 22.5 Å². The minimum atomic E-state index is -3.89. The number of rotatable bonds is 6. The maximum absolute atomic E-state index is 14.2. The maximum Gasteiger partial charge on any atom is 0.246 e. The second kappa shape index (κ2) is 8.55. The summed E-state index contributed by atoms with van der Waals surface area (Å²) in [4.78, 5) is 1.94. The van der Waals surface area contributed by atoms with Gasteiger partial charge in [0.1, 0.15) is 10.7 Å². The van der Waals surface area contributed by atoms with Crippen molar-refractivity contribution in [3.05, 3.63) is 30.1 Å². The molecule has 1 aromatic carbocycles. The lowest BCUT2D eigenvalue weighted by molar-refractivity contribution is 0.0291. The first kappa shape index (κ1) is 18.7. The van der Waals surface area contributed by atoms with Gasteiger partial charge in [-0.25, -0.2) is 12.8 Å². The zero-order valence-electron chi connectivity index (χ0n) is 14.3. The van der Waals surface area contributed by atoms with Gasteiger partial charge < -0.3 is 9.47 Å². The monoisotopic (exact) mass is 372 g/mol. The van der Waals surface area contributed by atoms with Crippen molar-refractivity contribution < 1.29 is 22.3 Å². The van der Waals surface area contributed by atoms with Gasteiger partial charge >= 0.3 is 0 Å². The van der Waals surface area contributed by atoms with Gasteiger partial charge in [-0.15, -0.1) is 0 Å². The van der Waals surface area contributed by atoms with Gasteiger partial charge in [-0.05, 0) is 25.0 Å². The number of ether oxygens (including phenoxy) is 2. The van der Waals surface area contributed by atoms with Crippen molar-refractivity contribution in [2.24, 2.45) is 0 Å². The number of halogens is 1. The van der Waals surface area contributed by atoms with Crippen LogP contribution in [0.3, 0.4) is 0 Å². The lowest BCUT2D eigenvalue weighted by Crippen LogP contribution is -2.48. The number of hydrogen-bond donors (Lipinski definition) is 0. The SMILES string of the molecule is O=S(=O)(c1ccccc1F)N(CCN1CCOCC1)C1CCOCC1. The Balaban J connectivity index is 1.80. The Morgan fingerprint density at radius 1 is 1.08 bits per heavy atom. The summed E-state index contributed by atoms with van der Waals surface area (Å²) in [6, 6.07) is 5.43. The highest BCUT2D eigenvalue weighted by molar-refractivity contribution is 7.89. The van der Waals surface area contributed by atoms with Crippen LogP contribution in [0, 0.1) is 5.82 Å². The summed E-state index contributed by atoms with van der Waals surface area (Å²) in [5, 5.41) is 0. The fraction of sp³-hybridized carbons (Fsp3) is 0.647. The Hall–Kier alpha value is -1.06. The number of morpholine rings is 1. The second-order valence-corrected chi connectivity index (χ2v) is 8.20. The third-order valence-corrected chi connectivity index (χ3v) is 6.75. The summed E-state index contributed by atoms with van der Waals surface area (Å²) < 4.78 is 52.6. The Kier molecular flexibility index (Phi) is 6.40. The molecule has 0 aliphatic carbocycles. The van der Waals surface area contributed by atoms with Crippen molar-refractivity contribution in [3.63, 3.8) is 0 Å². The van der Waals surface area contributed by atoms with E-state index in [9.17, 15) is 12.8 Å². The molecule has 0 unspecified atom stereocenters. The summed E-state index contributed by atoms with van der Waals surface area (Å²) >= 11 is 0. The number of benzene rings is 1. The third kappa shape index (κ3) is 4.57. The standard InChI is InChI=1S/C17H25FN2O4S/c18-16-3-1-2-4-17(16)25(21,22)20(15-5-11-23-12-6-15)8-7-19-9-13-24-14-10-19/h1-4,15H,5-14H2. The average molecular weight is 372 g/mol. The Labute approximate surface area is 148 Å². The van der Waals surface area contributed by atoms with E-state index in [0.717, 1.165) is 13.1 Å². The van der Waals surface area contributed by atoms with E-state index < -0.39 is 15.8 Å². The minimum Gasteiger partial charge on any atom is -0.381 e. The predicted molar refractivity (Wildman–Crippen MR) is 91.4 cm³/mol. The van der Waals surface area contributed by atoms with Crippen molar-refractivity contribution >= 4 is 10.0 Å². The van der Waals surface area contributed by atoms with Gasteiger partial charge in [0.2, 0.25) is 10.0 Å². The highest BCUT2D eigenvalue weighted by atomic mass is 32.2. The van der Waals surface area contributed by atoms with Crippen LogP contribution in [0.2, 0.25) is 0 Å². The van der Waals surface area contributed by atoms with E-state index in [-0.39, 0.29) is 10.9 Å². The molecule has 0 aromatic heterocycles. The lowest BCUT2D eigenvalue weighted by atomic mass is 10.1. The second-order valence-electron chi connectivity index (χ2n) is 6.34. The third-order valence-electron chi connectivity index (χ3n) is 4.76. The number of sulfonamides is 1. The van der Waals surface area contributed by atoms with Crippen molar-refractivity contribution in [1.29, 1.82) is 0 Å². The molecule has 0 amide bonds. The van der Waals surface area contributed by atoms with E-state index in [2.05, 4.69) is 4.90 Å². The molecule has 0 spiro atoms. The van der Waals surface area contributed by atoms with Crippen molar-refractivity contribution in [1.82, 2.24) is 9.21 Å². The Morgan fingerprint density at radius 2 is 1.72 bits per heavy atom. The molecular weight excluding hydrogens is 347 g/mol. The van der Waals surface area contributed by atoms with E-state index in [4.69, 9.17) is 9.47 Å². The van der Waals surface area contributed by atoms with Crippen LogP contribution in [0.5, 0.6) is 0 Å². The molecule has 2 saturated heterocycles. The molecule has 3 rings (SSSR count). The van der Waals surface area contributed by atoms with E-state index in [1.807, 2.05) is 0 Å². The fourth-order valence-electron chi connectivity index (χ4n) is 3.32. The topological polar surface area (TPSA) is 59.1 Å². The Morgan fingerprint density at radius 3 is 2.40 bits per heavy atom. The molecule has 0 radical (unpaired) electrons. The predicted octanol–water partition coefficient (Wildman–Crippen LogP) is 1.33. The summed E-state index contributed by atoms with van der Waals surface area (Å²) in [5.74, 6) is -0.703. The van der Waals surface area contributed by atoms with Gasteiger partial charge in [-0.3, -0.25) is 4.90 Å². The molecule has 2 heterocycles. The van der Waals surface area contributed by atoms with Crippen LogP contribution >= 0.6 is 0 Å². The van der Waals surface area contributed by atoms with Crippen LogP contribution in [-0.2, 0) is 19.5 Å². The summed E-state index contributed by atoms with van der Waals surface area (Å²) in [5.41, 5.74) is 0. The van der Waals surface area contributed by atoms with Gasteiger partial charge in [-0.1, -0.05) is 12.1 Å². The molecule has 140 valence electrons. The molecule has 0 N–H and O–H groups in total. The summed E-state index contributed by atoms with van der Waals surface area (Å²) in [6.45, 7) is 4.95. The molecule has 2 fully saturated rings. The van der Waals surface area contributed by atoms with Crippen molar-refractivity contribution in [2.45, 2.75) is 23.8 Å². The molecule has 8 heteroatoms. The zero-order chi connectivity index (χ0) is 17.7. The normalized spacial score (nSPS) is 20.9. The molecule has 0 atom stereocenters. The van der Waals surface area contributed by atoms with E-state index >= 15 is 0 Å². The van der Waals surface area contributed by atoms with Gasteiger partial charge in [0.15, 0.2) is 0 Å². The van der Waals surface area contributed by atoms with Crippen molar-refractivity contribution in [2.75, 3.05) is 52.6 Å². The minimum absolute atomic E-state index is 0.153. The van der Waals surface area contributed by atoms with Crippen LogP contribution in [0.15, 0.2) is 29.2 Å². The largest absolute Gasteiger partial charge is 0.381 e. The molecular formula is C17H25FN2O4S. The van der Waals surface area contributed by atoms with Crippen LogP contribution in [0.25, 0.3) is 0 Å². The van der Waals surface area contributed by atoms with Gasteiger partial charge in [0.05, 0.1) is 13.2 Å². The van der Waals surface area contributed by atoms with Crippen LogP contribution in [0.1, 0.15) is 12.8 Å². The quantitative estimate of drug-likeness (QED) is 0.754. The first-order valence-electron chi connectivity index (χ1n) is 8.73. The number of nitrogens with zero attached hydrogens (tertiary/aromatic N) is 2. The van der Waals surface area contributed by atoms with Crippen LogP contribution < -0.4 is 0 Å². The van der Waals surface area contributed by atoms with Gasteiger partial charge in [0, 0.05) is 45.4 Å². The molecule has 1 aromatic rings. The van der Waals surface area contributed by atoms with Crippen LogP contribution in [-0.4, -0.2) is 76.3 Å². The molecule has 2 aliphatic heterocycles. The van der Waals surface area contributed by atoms with E-state index in [1.54, 1.807) is 6.07 Å². The highest BCUT2D eigenvalue weighted by Gasteiger charge is 2.34. The maximum atomic E-state index is 14.2. The molecule has 0 saturated carbocycles. The zero-order valence-corrected chi connectivity index (χ0v) is 15.1. The average Bonchev–Trinajstić information content (AvgIpc) is 2.64. The first-order valence-corrected chi connectivity index (χ1v) is 10.2. The van der Waals surface area contributed by atoms with Gasteiger partial charge in [-0.2, -0.15) is 4.31 Å². The lowest BCUT2D eigenvalue weighted by Gasteiger charge is -2.35. The molecule has 2 aliphatic rings. The summed E-state index contributed by atoms with van der Waals surface area (Å²) in [7, 11) is -3.89. The summed E-state index contributed by atoms with van der Waals surface area (Å²) in [6.07, 6.45) is 1.27. The smallest absolute Gasteiger partial charge is 0.246 e. The van der Waals surface area contributed by atoms with Crippen LogP contribution in [0.4, 0.5) is 4.39 Å². The fourth-order valence-corrected chi connectivity index (χ4v) is 5.06. The molecule has 25 heavy (non-hydrogen) atoms.